The van der Waals surface area contributed by atoms with Gasteiger partial charge in [0.05, 0.1) is 13.7 Å². The Labute approximate surface area is 116 Å². The Bertz CT molecular complexity index is 382. The molecular formula is C15H26N2O2. The van der Waals surface area contributed by atoms with Crippen molar-refractivity contribution in [2.45, 2.75) is 26.8 Å². The number of anilines is 1. The molecule has 0 bridgehead atoms. The molecule has 0 aliphatic rings. The Morgan fingerprint density at radius 3 is 2.63 bits per heavy atom. The molecule has 1 unspecified atom stereocenters. The van der Waals surface area contributed by atoms with E-state index in [1.54, 1.807) is 7.11 Å². The predicted octanol–water partition coefficient (Wildman–Crippen LogP) is 2.18. The van der Waals surface area contributed by atoms with Crippen molar-refractivity contribution in [1.29, 1.82) is 0 Å². The molecule has 108 valence electrons. The number of ether oxygens (including phenoxy) is 1. The van der Waals surface area contributed by atoms with Crippen LogP contribution in [0.25, 0.3) is 0 Å². The van der Waals surface area contributed by atoms with E-state index in [2.05, 4.69) is 37.1 Å². The largest absolute Gasteiger partial charge is 0.496 e. The average molecular weight is 266 g/mol. The van der Waals surface area contributed by atoms with E-state index in [0.29, 0.717) is 6.54 Å². The Morgan fingerprint density at radius 2 is 2.11 bits per heavy atom. The van der Waals surface area contributed by atoms with Gasteiger partial charge in [-0.2, -0.15) is 0 Å². The average Bonchev–Trinajstić information content (AvgIpc) is 2.44. The third-order valence-corrected chi connectivity index (χ3v) is 3.30. The van der Waals surface area contributed by atoms with Gasteiger partial charge in [0.2, 0.25) is 0 Å². The summed E-state index contributed by atoms with van der Waals surface area (Å²) in [4.78, 5) is 2.17. The summed E-state index contributed by atoms with van der Waals surface area (Å²) in [7, 11) is 1.70. The van der Waals surface area contributed by atoms with Crippen LogP contribution in [0.15, 0.2) is 18.2 Å². The highest BCUT2D eigenvalue weighted by molar-refractivity contribution is 5.60. The minimum Gasteiger partial charge on any atom is -0.496 e. The number of rotatable bonds is 8. The Hall–Kier alpha value is -1.26. The van der Waals surface area contributed by atoms with Crippen molar-refractivity contribution in [2.75, 3.05) is 38.3 Å². The Morgan fingerprint density at radius 1 is 1.37 bits per heavy atom. The van der Waals surface area contributed by atoms with Crippen molar-refractivity contribution in [2.24, 2.45) is 0 Å². The van der Waals surface area contributed by atoms with E-state index in [0.717, 1.165) is 30.1 Å². The molecule has 0 aromatic heterocycles. The van der Waals surface area contributed by atoms with Crippen molar-refractivity contribution >= 4 is 5.69 Å². The number of nitrogens with zero attached hydrogens (tertiary/aromatic N) is 1. The highest BCUT2D eigenvalue weighted by Crippen LogP contribution is 2.34. The normalized spacial score (nSPS) is 12.3. The first-order valence-corrected chi connectivity index (χ1v) is 6.95. The zero-order valence-corrected chi connectivity index (χ0v) is 12.4. The van der Waals surface area contributed by atoms with E-state index in [1.165, 1.54) is 0 Å². The summed E-state index contributed by atoms with van der Waals surface area (Å²) in [5, 5.41) is 12.6. The molecule has 0 aliphatic carbocycles. The highest BCUT2D eigenvalue weighted by atomic mass is 16.5. The fourth-order valence-electron chi connectivity index (χ4n) is 2.40. The third-order valence-electron chi connectivity index (χ3n) is 3.30. The zero-order chi connectivity index (χ0) is 14.3. The summed E-state index contributed by atoms with van der Waals surface area (Å²) in [6, 6.07) is 6.28. The molecule has 1 aromatic rings. The maximum Gasteiger partial charge on any atom is 0.125 e. The molecular weight excluding hydrogens is 240 g/mol. The van der Waals surface area contributed by atoms with Crippen molar-refractivity contribution in [1.82, 2.24) is 5.32 Å². The zero-order valence-electron chi connectivity index (χ0n) is 12.4. The van der Waals surface area contributed by atoms with E-state index in [9.17, 15) is 5.11 Å². The molecule has 0 radical (unpaired) electrons. The molecule has 0 saturated carbocycles. The van der Waals surface area contributed by atoms with Gasteiger partial charge < -0.3 is 20.1 Å². The summed E-state index contributed by atoms with van der Waals surface area (Å²) in [6.07, 6.45) is 0. The van der Waals surface area contributed by atoms with Crippen molar-refractivity contribution in [3.05, 3.63) is 23.8 Å². The second kappa shape index (κ2) is 8.02. The van der Waals surface area contributed by atoms with E-state index >= 15 is 0 Å². The monoisotopic (exact) mass is 266 g/mol. The maximum absolute atomic E-state index is 9.20. The number of hydrogen-bond donors (Lipinski definition) is 2. The second-order valence-corrected chi connectivity index (χ2v) is 4.48. The lowest BCUT2D eigenvalue weighted by atomic mass is 10.0. The summed E-state index contributed by atoms with van der Waals surface area (Å²) in [6.45, 7) is 8.88. The van der Waals surface area contributed by atoms with Crippen LogP contribution in [-0.4, -0.2) is 38.5 Å². The van der Waals surface area contributed by atoms with Gasteiger partial charge in [-0.15, -0.1) is 0 Å². The molecule has 4 nitrogen and oxygen atoms in total. The van der Waals surface area contributed by atoms with Crippen LogP contribution in [0.1, 0.15) is 32.4 Å². The number of likely N-dealkylation sites (N-methyl/N-ethyl adjacent to an activating group) is 1. The summed E-state index contributed by atoms with van der Waals surface area (Å²) in [5.74, 6) is 0.891. The Balaban J connectivity index is 3.21. The number of benzene rings is 1. The molecule has 4 heteroatoms. The molecule has 1 atom stereocenters. The number of nitrogens with one attached hydrogen (secondary N) is 1. The lowest BCUT2D eigenvalue weighted by Crippen LogP contribution is -2.29. The van der Waals surface area contributed by atoms with Crippen LogP contribution in [-0.2, 0) is 0 Å². The van der Waals surface area contributed by atoms with Gasteiger partial charge in [-0.3, -0.25) is 0 Å². The quantitative estimate of drug-likeness (QED) is 0.757. The second-order valence-electron chi connectivity index (χ2n) is 4.48. The van der Waals surface area contributed by atoms with Gasteiger partial charge in [-0.05, 0) is 32.5 Å². The van der Waals surface area contributed by atoms with E-state index in [1.807, 2.05) is 12.1 Å². The lowest BCUT2D eigenvalue weighted by Gasteiger charge is -2.28. The van der Waals surface area contributed by atoms with Crippen molar-refractivity contribution in [3.63, 3.8) is 0 Å². The molecule has 0 saturated heterocycles. The van der Waals surface area contributed by atoms with Gasteiger partial charge in [0.15, 0.2) is 0 Å². The maximum atomic E-state index is 9.20. The van der Waals surface area contributed by atoms with Crippen molar-refractivity contribution < 1.29 is 9.84 Å². The number of aliphatic hydroxyl groups is 1. The number of hydrogen-bond acceptors (Lipinski definition) is 4. The van der Waals surface area contributed by atoms with Crippen LogP contribution in [0.4, 0.5) is 5.69 Å². The van der Waals surface area contributed by atoms with Gasteiger partial charge in [-0.25, -0.2) is 0 Å². The summed E-state index contributed by atoms with van der Waals surface area (Å²) >= 11 is 0. The fraction of sp³-hybridized carbons (Fsp3) is 0.600. The van der Waals surface area contributed by atoms with Crippen LogP contribution in [0, 0.1) is 0 Å². The molecule has 2 N–H and O–H groups in total. The number of methoxy groups -OCH3 is 1. The van der Waals surface area contributed by atoms with Crippen LogP contribution in [0.3, 0.4) is 0 Å². The van der Waals surface area contributed by atoms with E-state index in [4.69, 9.17) is 4.74 Å². The fourth-order valence-corrected chi connectivity index (χ4v) is 2.40. The molecule has 0 spiro atoms. The molecule has 1 rings (SSSR count). The molecule has 19 heavy (non-hydrogen) atoms. The topological polar surface area (TPSA) is 44.7 Å². The van der Waals surface area contributed by atoms with Crippen LogP contribution in [0.5, 0.6) is 5.75 Å². The SMILES string of the molecule is CCNC(C)c1c(OC)cccc1N(CC)CCO. The van der Waals surface area contributed by atoms with Crippen molar-refractivity contribution in [3.8, 4) is 5.75 Å². The summed E-state index contributed by atoms with van der Waals surface area (Å²) < 4.78 is 5.50. The third kappa shape index (κ3) is 3.85. The van der Waals surface area contributed by atoms with Gasteiger partial charge in [0, 0.05) is 30.4 Å². The minimum absolute atomic E-state index is 0.153. The lowest BCUT2D eigenvalue weighted by molar-refractivity contribution is 0.302. The summed E-state index contributed by atoms with van der Waals surface area (Å²) in [5.41, 5.74) is 2.28. The first kappa shape index (κ1) is 15.8. The first-order valence-electron chi connectivity index (χ1n) is 6.95. The molecule has 1 aromatic carbocycles. The molecule has 0 heterocycles. The molecule has 0 aliphatic heterocycles. The smallest absolute Gasteiger partial charge is 0.125 e. The number of aliphatic hydroxyl groups excluding tert-OH is 1. The van der Waals surface area contributed by atoms with E-state index in [-0.39, 0.29) is 12.6 Å². The first-order chi connectivity index (χ1) is 9.19. The minimum atomic E-state index is 0.153. The molecule has 0 fully saturated rings. The Kier molecular flexibility index (Phi) is 6.67. The van der Waals surface area contributed by atoms with Crippen LogP contribution in [0.2, 0.25) is 0 Å². The highest BCUT2D eigenvalue weighted by Gasteiger charge is 2.18. The predicted molar refractivity (Wildman–Crippen MR) is 80.1 cm³/mol. The van der Waals surface area contributed by atoms with Gasteiger partial charge in [-0.1, -0.05) is 13.0 Å². The van der Waals surface area contributed by atoms with Gasteiger partial charge in [0.1, 0.15) is 5.75 Å². The van der Waals surface area contributed by atoms with Gasteiger partial charge >= 0.3 is 0 Å². The standard InChI is InChI=1S/C15H26N2O2/c1-5-16-12(3)15-13(17(6-2)10-11-18)8-7-9-14(15)19-4/h7-9,12,16,18H,5-6,10-11H2,1-4H3. The van der Waals surface area contributed by atoms with Gasteiger partial charge in [0.25, 0.3) is 0 Å². The van der Waals surface area contributed by atoms with Crippen LogP contribution < -0.4 is 15.0 Å². The van der Waals surface area contributed by atoms with Crippen LogP contribution >= 0.6 is 0 Å². The van der Waals surface area contributed by atoms with E-state index < -0.39 is 0 Å². The molecule has 0 amide bonds.